The van der Waals surface area contributed by atoms with Crippen molar-refractivity contribution in [2.75, 3.05) is 0 Å². The zero-order valence-electron chi connectivity index (χ0n) is 11.9. The lowest BCUT2D eigenvalue weighted by Crippen LogP contribution is -2.09. The van der Waals surface area contributed by atoms with Gasteiger partial charge < -0.3 is 4.74 Å². The van der Waals surface area contributed by atoms with E-state index in [4.69, 9.17) is 39.5 Å². The lowest BCUT2D eigenvalue weighted by atomic mass is 9.94. The molecule has 1 atom stereocenters. The molecule has 21 heavy (non-hydrogen) atoms. The first kappa shape index (κ1) is 16.5. The molecular weight excluding hydrogens is 327 g/mol. The number of hydrogen-bond donors (Lipinski definition) is 0. The first-order chi connectivity index (χ1) is 9.87. The molecule has 2 aromatic rings. The van der Waals surface area contributed by atoms with Crippen molar-refractivity contribution in [2.24, 2.45) is 0 Å². The van der Waals surface area contributed by atoms with Gasteiger partial charge >= 0.3 is 0 Å². The minimum absolute atomic E-state index is 0.136. The standard InChI is InChI=1S/C17H17Cl3O/c1-12(11-17(18,19)20)15-9-6-10-16(13(15)2)21-14-7-4-3-5-8-14/h3-10,12H,11H2,1-2H3. The molecule has 1 nitrogen and oxygen atoms in total. The molecule has 0 aliphatic rings. The molecule has 0 radical (unpaired) electrons. The summed E-state index contributed by atoms with van der Waals surface area (Å²) in [6.45, 7) is 4.08. The lowest BCUT2D eigenvalue weighted by Gasteiger charge is -2.21. The highest BCUT2D eigenvalue weighted by Gasteiger charge is 2.25. The Kier molecular flexibility index (Phi) is 5.43. The molecule has 0 spiro atoms. The molecule has 0 aliphatic heterocycles. The van der Waals surface area contributed by atoms with Gasteiger partial charge in [0.1, 0.15) is 11.5 Å². The predicted octanol–water partition coefficient (Wildman–Crippen LogP) is 6.65. The van der Waals surface area contributed by atoms with Crippen LogP contribution in [0.2, 0.25) is 0 Å². The summed E-state index contributed by atoms with van der Waals surface area (Å²) in [5.41, 5.74) is 2.21. The second-order valence-electron chi connectivity index (χ2n) is 5.11. The van der Waals surface area contributed by atoms with Crippen LogP contribution in [0.1, 0.15) is 30.4 Å². The normalized spacial score (nSPS) is 13.0. The average Bonchev–Trinajstić information content (AvgIpc) is 2.40. The molecule has 0 aromatic heterocycles. The van der Waals surface area contributed by atoms with Gasteiger partial charge in [-0.15, -0.1) is 0 Å². The van der Waals surface area contributed by atoms with Crippen molar-refractivity contribution in [3.8, 4) is 11.5 Å². The van der Waals surface area contributed by atoms with E-state index in [0.717, 1.165) is 22.6 Å². The Morgan fingerprint density at radius 3 is 2.29 bits per heavy atom. The summed E-state index contributed by atoms with van der Waals surface area (Å²) in [6, 6.07) is 15.7. The number of ether oxygens (including phenoxy) is 1. The van der Waals surface area contributed by atoms with Crippen LogP contribution in [0.25, 0.3) is 0 Å². The molecule has 0 aliphatic carbocycles. The topological polar surface area (TPSA) is 9.23 Å². The van der Waals surface area contributed by atoms with Crippen LogP contribution in [-0.2, 0) is 0 Å². The van der Waals surface area contributed by atoms with Gasteiger partial charge in [-0.2, -0.15) is 0 Å². The van der Waals surface area contributed by atoms with Gasteiger partial charge in [0, 0.05) is 6.42 Å². The number of hydrogen-bond acceptors (Lipinski definition) is 1. The maximum absolute atomic E-state index is 5.93. The third kappa shape index (κ3) is 4.81. The summed E-state index contributed by atoms with van der Waals surface area (Å²) in [5, 5.41) is 0. The highest BCUT2D eigenvalue weighted by atomic mass is 35.6. The number of halogens is 3. The van der Waals surface area contributed by atoms with Crippen molar-refractivity contribution in [3.05, 3.63) is 59.7 Å². The minimum Gasteiger partial charge on any atom is -0.457 e. The van der Waals surface area contributed by atoms with E-state index in [0.29, 0.717) is 6.42 Å². The highest BCUT2D eigenvalue weighted by Crippen LogP contribution is 2.39. The molecule has 0 fully saturated rings. The Morgan fingerprint density at radius 2 is 1.67 bits per heavy atom. The van der Waals surface area contributed by atoms with Crippen molar-refractivity contribution >= 4 is 34.8 Å². The predicted molar refractivity (Wildman–Crippen MR) is 91.0 cm³/mol. The maximum Gasteiger partial charge on any atom is 0.191 e. The maximum atomic E-state index is 5.93. The van der Waals surface area contributed by atoms with Crippen LogP contribution in [-0.4, -0.2) is 3.79 Å². The van der Waals surface area contributed by atoms with Gasteiger partial charge in [-0.25, -0.2) is 0 Å². The number of alkyl halides is 3. The monoisotopic (exact) mass is 342 g/mol. The first-order valence-electron chi connectivity index (χ1n) is 6.76. The molecule has 0 N–H and O–H groups in total. The molecular formula is C17H17Cl3O. The smallest absolute Gasteiger partial charge is 0.191 e. The number of para-hydroxylation sites is 1. The van der Waals surface area contributed by atoms with Crippen LogP contribution in [0.3, 0.4) is 0 Å². The summed E-state index contributed by atoms with van der Waals surface area (Å²) < 4.78 is 4.68. The third-order valence-corrected chi connectivity index (χ3v) is 3.83. The number of benzene rings is 2. The molecule has 0 saturated heterocycles. The third-order valence-electron chi connectivity index (χ3n) is 3.37. The van der Waals surface area contributed by atoms with Crippen molar-refractivity contribution in [3.63, 3.8) is 0 Å². The van der Waals surface area contributed by atoms with Crippen LogP contribution in [0.5, 0.6) is 11.5 Å². The van der Waals surface area contributed by atoms with E-state index in [1.807, 2.05) is 55.5 Å². The van der Waals surface area contributed by atoms with E-state index in [1.165, 1.54) is 0 Å². The Hall–Kier alpha value is -0.890. The molecule has 1 unspecified atom stereocenters. The Morgan fingerprint density at radius 1 is 1.00 bits per heavy atom. The van der Waals surface area contributed by atoms with E-state index in [1.54, 1.807) is 0 Å². The second kappa shape index (κ2) is 6.91. The summed E-state index contributed by atoms with van der Waals surface area (Å²) in [5.74, 6) is 1.78. The number of rotatable bonds is 4. The van der Waals surface area contributed by atoms with E-state index < -0.39 is 3.79 Å². The molecule has 0 amide bonds. The minimum atomic E-state index is -1.25. The second-order valence-corrected chi connectivity index (χ2v) is 7.62. The van der Waals surface area contributed by atoms with Crippen molar-refractivity contribution in [1.29, 1.82) is 0 Å². The van der Waals surface area contributed by atoms with Gasteiger partial charge in [-0.3, -0.25) is 0 Å². The SMILES string of the molecule is Cc1c(Oc2ccccc2)cccc1C(C)CC(Cl)(Cl)Cl. The van der Waals surface area contributed by atoms with Gasteiger partial charge in [0.2, 0.25) is 0 Å². The molecule has 0 bridgehead atoms. The van der Waals surface area contributed by atoms with Crippen molar-refractivity contribution < 1.29 is 4.74 Å². The van der Waals surface area contributed by atoms with Crippen LogP contribution >= 0.6 is 34.8 Å². The zero-order valence-corrected chi connectivity index (χ0v) is 14.2. The van der Waals surface area contributed by atoms with Crippen LogP contribution in [0.15, 0.2) is 48.5 Å². The largest absolute Gasteiger partial charge is 0.457 e. The van der Waals surface area contributed by atoms with Gasteiger partial charge in [0.05, 0.1) is 0 Å². The van der Waals surface area contributed by atoms with Crippen molar-refractivity contribution in [1.82, 2.24) is 0 Å². The van der Waals surface area contributed by atoms with Crippen LogP contribution < -0.4 is 4.74 Å². The van der Waals surface area contributed by atoms with Gasteiger partial charge in [-0.05, 0) is 42.2 Å². The Labute approximate surface area is 140 Å². The fourth-order valence-electron chi connectivity index (χ4n) is 2.35. The fraction of sp³-hybridized carbons (Fsp3) is 0.294. The molecule has 0 saturated carbocycles. The van der Waals surface area contributed by atoms with Gasteiger partial charge in [-0.1, -0.05) is 72.1 Å². The molecule has 0 heterocycles. The Balaban J connectivity index is 2.24. The first-order valence-corrected chi connectivity index (χ1v) is 7.89. The van der Waals surface area contributed by atoms with Crippen LogP contribution in [0.4, 0.5) is 0 Å². The average molecular weight is 344 g/mol. The molecule has 2 aromatic carbocycles. The highest BCUT2D eigenvalue weighted by molar-refractivity contribution is 6.67. The zero-order chi connectivity index (χ0) is 15.5. The van der Waals surface area contributed by atoms with E-state index in [9.17, 15) is 0 Å². The summed E-state index contributed by atoms with van der Waals surface area (Å²) in [7, 11) is 0. The summed E-state index contributed by atoms with van der Waals surface area (Å²) in [4.78, 5) is 0. The van der Waals surface area contributed by atoms with E-state index in [-0.39, 0.29) is 5.92 Å². The lowest BCUT2D eigenvalue weighted by molar-refractivity contribution is 0.477. The quantitative estimate of drug-likeness (QED) is 0.564. The van der Waals surface area contributed by atoms with Crippen molar-refractivity contribution in [2.45, 2.75) is 30.0 Å². The molecule has 2 rings (SSSR count). The molecule has 112 valence electrons. The fourth-order valence-corrected chi connectivity index (χ4v) is 3.04. The summed E-state index contributed by atoms with van der Waals surface area (Å²) >= 11 is 17.7. The van der Waals surface area contributed by atoms with Gasteiger partial charge in [0.25, 0.3) is 0 Å². The summed E-state index contributed by atoms with van der Waals surface area (Å²) in [6.07, 6.45) is 0.466. The van der Waals surface area contributed by atoms with Gasteiger partial charge in [0.15, 0.2) is 3.79 Å². The van der Waals surface area contributed by atoms with E-state index in [2.05, 4.69) is 6.92 Å². The van der Waals surface area contributed by atoms with Crippen LogP contribution in [0, 0.1) is 6.92 Å². The van der Waals surface area contributed by atoms with E-state index >= 15 is 0 Å². The molecule has 4 heteroatoms. The Bertz CT molecular complexity index is 591.